The van der Waals surface area contributed by atoms with Gasteiger partial charge in [-0.2, -0.15) is 0 Å². The normalized spacial score (nSPS) is 11.1. The quantitative estimate of drug-likeness (QED) is 0.0901. The van der Waals surface area contributed by atoms with Crippen LogP contribution in [0.2, 0.25) is 0 Å². The number of carbonyl (C=O) groups excluding carboxylic acids is 1. The maximum atomic E-state index is 15.5. The standard InChI is InChI=1S/C36H29FN2O6/c37-32-20-31(29-16-18-30(19-17-29)36(41)42)21-33(38(43)44)35(32)45-25-34(40)39(22-26-10-4-1-5-11-26,23-27-12-6-2-7-13-27)24-28-14-8-3-9-15-28/h1-21H,22-25H2/p+1. The number of nitro benzene ring substituents is 1. The highest BCUT2D eigenvalue weighted by molar-refractivity contribution is 5.88. The first-order valence-electron chi connectivity index (χ1n) is 14.2. The highest BCUT2D eigenvalue weighted by atomic mass is 19.1. The van der Waals surface area contributed by atoms with Crippen LogP contribution in [0.1, 0.15) is 27.0 Å². The number of halogens is 1. The molecule has 0 unspecified atom stereocenters. The van der Waals surface area contributed by atoms with Crippen LogP contribution in [-0.2, 0) is 24.4 Å². The predicted molar refractivity (Wildman–Crippen MR) is 167 cm³/mol. The molecule has 0 aliphatic carbocycles. The molecule has 1 N–H and O–H groups in total. The number of hydrogen-bond donors (Lipinski definition) is 1. The van der Waals surface area contributed by atoms with Gasteiger partial charge in [0.15, 0.2) is 5.82 Å². The molecule has 226 valence electrons. The smallest absolute Gasteiger partial charge is 0.352 e. The van der Waals surface area contributed by atoms with Crippen molar-refractivity contribution in [2.45, 2.75) is 19.6 Å². The van der Waals surface area contributed by atoms with E-state index in [0.29, 0.717) is 25.2 Å². The molecule has 1 amide bonds. The molecule has 0 spiro atoms. The molecule has 0 saturated carbocycles. The van der Waals surface area contributed by atoms with Crippen molar-refractivity contribution in [1.82, 2.24) is 0 Å². The summed E-state index contributed by atoms with van der Waals surface area (Å²) < 4.78 is 21.1. The molecule has 0 bridgehead atoms. The third-order valence-electron chi connectivity index (χ3n) is 7.54. The highest BCUT2D eigenvalue weighted by Crippen LogP contribution is 2.36. The van der Waals surface area contributed by atoms with Crippen molar-refractivity contribution in [3.63, 3.8) is 0 Å². The second-order valence-electron chi connectivity index (χ2n) is 10.7. The fourth-order valence-electron chi connectivity index (χ4n) is 5.33. The van der Waals surface area contributed by atoms with Gasteiger partial charge in [-0.25, -0.2) is 18.5 Å². The van der Waals surface area contributed by atoms with Crippen LogP contribution >= 0.6 is 0 Å². The number of ether oxygens (including phenoxy) is 1. The Morgan fingerprint density at radius 1 is 0.711 bits per heavy atom. The van der Waals surface area contributed by atoms with Crippen molar-refractivity contribution in [1.29, 1.82) is 0 Å². The monoisotopic (exact) mass is 605 g/mol. The van der Waals surface area contributed by atoms with Gasteiger partial charge in [-0.3, -0.25) is 10.1 Å². The molecule has 0 aliphatic heterocycles. The van der Waals surface area contributed by atoms with Crippen molar-refractivity contribution < 1.29 is 33.2 Å². The van der Waals surface area contributed by atoms with Gasteiger partial charge in [0.25, 0.3) is 0 Å². The largest absolute Gasteiger partial charge is 0.478 e. The first-order valence-corrected chi connectivity index (χ1v) is 14.2. The number of nitro groups is 1. The van der Waals surface area contributed by atoms with Crippen LogP contribution in [0, 0.1) is 15.9 Å². The molecule has 0 aliphatic rings. The third kappa shape index (κ3) is 7.46. The molecule has 5 rings (SSSR count). The summed E-state index contributed by atoms with van der Waals surface area (Å²) in [5, 5.41) is 21.2. The zero-order chi connectivity index (χ0) is 31.8. The Bertz CT molecular complexity index is 1700. The number of nitrogens with zero attached hydrogens (tertiary/aromatic N) is 2. The topological polar surface area (TPSA) is 107 Å². The lowest BCUT2D eigenvalue weighted by atomic mass is 10.0. The molecule has 0 fully saturated rings. The number of carboxylic acid groups (broad SMARTS) is 1. The van der Waals surface area contributed by atoms with Gasteiger partial charge in [0.1, 0.15) is 19.6 Å². The van der Waals surface area contributed by atoms with Crippen LogP contribution in [0.25, 0.3) is 11.1 Å². The van der Waals surface area contributed by atoms with Crippen LogP contribution in [0.3, 0.4) is 0 Å². The molecule has 0 atom stereocenters. The van der Waals surface area contributed by atoms with Gasteiger partial charge in [0, 0.05) is 22.8 Å². The van der Waals surface area contributed by atoms with E-state index in [9.17, 15) is 19.7 Å². The van der Waals surface area contributed by atoms with Gasteiger partial charge in [-0.1, -0.05) is 103 Å². The summed E-state index contributed by atoms with van der Waals surface area (Å²) in [5.41, 5.74) is 2.66. The second-order valence-corrected chi connectivity index (χ2v) is 10.7. The lowest BCUT2D eigenvalue weighted by Gasteiger charge is -2.36. The van der Waals surface area contributed by atoms with Crippen molar-refractivity contribution in [2.24, 2.45) is 0 Å². The van der Waals surface area contributed by atoms with Crippen molar-refractivity contribution >= 4 is 17.6 Å². The number of benzene rings is 5. The summed E-state index contributed by atoms with van der Waals surface area (Å²) >= 11 is 0. The minimum Gasteiger partial charge on any atom is -0.478 e. The Labute approximate surface area is 259 Å². The number of quaternary nitrogens is 1. The van der Waals surface area contributed by atoms with Crippen molar-refractivity contribution in [3.8, 4) is 16.9 Å². The average molecular weight is 606 g/mol. The van der Waals surface area contributed by atoms with E-state index in [4.69, 9.17) is 9.84 Å². The molecular formula is C36H30FN2O6+. The van der Waals surface area contributed by atoms with E-state index in [0.717, 1.165) is 28.8 Å². The van der Waals surface area contributed by atoms with E-state index < -0.39 is 34.8 Å². The highest BCUT2D eigenvalue weighted by Gasteiger charge is 2.38. The van der Waals surface area contributed by atoms with Gasteiger partial charge < -0.3 is 9.84 Å². The lowest BCUT2D eigenvalue weighted by Crippen LogP contribution is -2.52. The van der Waals surface area contributed by atoms with Gasteiger partial charge in [-0.05, 0) is 29.3 Å². The summed E-state index contributed by atoms with van der Waals surface area (Å²) in [6.07, 6.45) is 0. The van der Waals surface area contributed by atoms with E-state index in [1.54, 1.807) is 0 Å². The van der Waals surface area contributed by atoms with Crippen LogP contribution in [-0.4, -0.2) is 33.0 Å². The fraction of sp³-hybridized carbons (Fsp3) is 0.111. The minimum absolute atomic E-state index is 0.0234. The number of amides is 1. The van der Waals surface area contributed by atoms with Gasteiger partial charge in [-0.15, -0.1) is 0 Å². The Morgan fingerprint density at radius 3 is 1.60 bits per heavy atom. The number of carboxylic acids is 1. The molecule has 9 heteroatoms. The van der Waals surface area contributed by atoms with Crippen LogP contribution in [0.4, 0.5) is 10.1 Å². The summed E-state index contributed by atoms with van der Waals surface area (Å²) in [4.78, 5) is 36.8. The van der Waals surface area contributed by atoms with Crippen LogP contribution in [0.5, 0.6) is 5.75 Å². The molecule has 0 saturated heterocycles. The maximum absolute atomic E-state index is 15.5. The first-order chi connectivity index (χ1) is 21.7. The molecule has 0 aromatic heterocycles. The average Bonchev–Trinajstić information content (AvgIpc) is 3.05. The molecule has 45 heavy (non-hydrogen) atoms. The van der Waals surface area contributed by atoms with Crippen molar-refractivity contribution in [2.75, 3.05) is 6.61 Å². The predicted octanol–water partition coefficient (Wildman–Crippen LogP) is 7.42. The fourth-order valence-corrected chi connectivity index (χ4v) is 5.33. The molecule has 5 aromatic rings. The van der Waals surface area contributed by atoms with Gasteiger partial charge in [0.05, 0.1) is 10.5 Å². The summed E-state index contributed by atoms with van der Waals surface area (Å²) in [6.45, 7) is 0.310. The summed E-state index contributed by atoms with van der Waals surface area (Å²) in [5.74, 6) is -3.17. The Balaban J connectivity index is 1.50. The molecule has 0 radical (unpaired) electrons. The SMILES string of the molecule is O=C(O)c1ccc(-c2cc(F)c(OCC(=O)[N+](Cc3ccccc3)(Cc3ccccc3)Cc3ccccc3)c([N+](=O)[O-])c2)cc1. The van der Waals surface area contributed by atoms with Gasteiger partial charge >= 0.3 is 17.6 Å². The second kappa shape index (κ2) is 13.7. The molecular weight excluding hydrogens is 575 g/mol. The van der Waals surface area contributed by atoms with E-state index in [1.807, 2.05) is 91.0 Å². The van der Waals surface area contributed by atoms with Crippen LogP contribution in [0.15, 0.2) is 127 Å². The van der Waals surface area contributed by atoms with Gasteiger partial charge in [0.2, 0.25) is 12.4 Å². The van der Waals surface area contributed by atoms with E-state index in [1.165, 1.54) is 24.3 Å². The Hall–Kier alpha value is -5.67. The number of carbonyl (C=O) groups is 2. The maximum Gasteiger partial charge on any atom is 0.352 e. The zero-order valence-corrected chi connectivity index (χ0v) is 24.2. The molecule has 8 nitrogen and oxygen atoms in total. The molecule has 5 aromatic carbocycles. The zero-order valence-electron chi connectivity index (χ0n) is 24.2. The molecule has 0 heterocycles. The third-order valence-corrected chi connectivity index (χ3v) is 7.54. The summed E-state index contributed by atoms with van der Waals surface area (Å²) in [7, 11) is 0. The minimum atomic E-state index is -1.13. The van der Waals surface area contributed by atoms with E-state index in [-0.39, 0.29) is 21.5 Å². The van der Waals surface area contributed by atoms with E-state index >= 15 is 4.39 Å². The Kier molecular flexibility index (Phi) is 9.40. The van der Waals surface area contributed by atoms with Crippen LogP contribution < -0.4 is 4.74 Å². The van der Waals surface area contributed by atoms with E-state index in [2.05, 4.69) is 0 Å². The first kappa shape index (κ1) is 30.8. The number of aromatic carboxylic acids is 1. The number of rotatable bonds is 12. The summed E-state index contributed by atoms with van der Waals surface area (Å²) in [6, 6.07) is 36.4. The number of hydrogen-bond acceptors (Lipinski definition) is 5. The lowest BCUT2D eigenvalue weighted by molar-refractivity contribution is -0.894. The Morgan fingerprint density at radius 2 is 1.18 bits per heavy atom. The van der Waals surface area contributed by atoms with Crippen molar-refractivity contribution in [3.05, 3.63) is 166 Å².